The largest absolute Gasteiger partial charge is 0.488 e. The summed E-state index contributed by atoms with van der Waals surface area (Å²) in [4.78, 5) is 29.0. The fourth-order valence-electron chi connectivity index (χ4n) is 6.54. The summed E-state index contributed by atoms with van der Waals surface area (Å²) in [5.41, 5.74) is 0.625. The van der Waals surface area contributed by atoms with Gasteiger partial charge in [-0.2, -0.15) is 5.26 Å². The number of carbonyl (C=O) groups is 2. The normalized spacial score (nSPS) is 24.0. The van der Waals surface area contributed by atoms with Gasteiger partial charge in [0.05, 0.1) is 24.0 Å². The SMILES string of the molecule is CC(C)C(=O)OCOC(=O)[C@H](C)N[P@@](=O)(COC[C@H]1O[C@@H](n2ccc3c(OC4CCCC4)c(C#N)c(Cl)nc32)[C@@H]2OC(C)(C)O[C@@H]21)Oc1ccccc1. The van der Waals surface area contributed by atoms with Crippen LogP contribution in [0.5, 0.6) is 11.5 Å². The lowest BCUT2D eigenvalue weighted by atomic mass is 10.1. The summed E-state index contributed by atoms with van der Waals surface area (Å²) in [6, 6.07) is 11.3. The fourth-order valence-corrected chi connectivity index (χ4v) is 8.43. The number of nitrogens with one attached hydrogen (secondary N) is 1. The zero-order valence-electron chi connectivity index (χ0n) is 30.2. The highest BCUT2D eigenvalue weighted by atomic mass is 35.5. The van der Waals surface area contributed by atoms with Crippen molar-refractivity contribution in [3.63, 3.8) is 0 Å². The van der Waals surface area contributed by atoms with Crippen molar-refractivity contribution in [2.45, 2.75) is 103 Å². The number of para-hydroxylation sites is 1. The summed E-state index contributed by atoms with van der Waals surface area (Å²) in [5, 5.41) is 13.3. The van der Waals surface area contributed by atoms with Gasteiger partial charge in [0.1, 0.15) is 53.7 Å². The number of fused-ring (bicyclic) bond motifs is 2. The number of hydrogen-bond acceptors (Lipinski definition) is 13. The van der Waals surface area contributed by atoms with Gasteiger partial charge in [-0.15, -0.1) is 0 Å². The molecule has 2 saturated heterocycles. The lowest BCUT2D eigenvalue weighted by molar-refractivity contribution is -0.201. The number of hydrogen-bond donors (Lipinski definition) is 1. The predicted octanol–water partition coefficient (Wildman–Crippen LogP) is 6.22. The van der Waals surface area contributed by atoms with Crippen LogP contribution in [0.4, 0.5) is 0 Å². The molecule has 0 bridgehead atoms. The molecule has 0 spiro atoms. The van der Waals surface area contributed by atoms with E-state index in [1.54, 1.807) is 68.8 Å². The first kappa shape index (κ1) is 39.0. The van der Waals surface area contributed by atoms with Crippen molar-refractivity contribution in [1.29, 1.82) is 5.26 Å². The lowest BCUT2D eigenvalue weighted by Gasteiger charge is -2.26. The summed E-state index contributed by atoms with van der Waals surface area (Å²) >= 11 is 6.55. The van der Waals surface area contributed by atoms with Gasteiger partial charge in [0.15, 0.2) is 22.9 Å². The number of nitrogens with zero attached hydrogens (tertiary/aromatic N) is 3. The molecule has 0 amide bonds. The van der Waals surface area contributed by atoms with Gasteiger partial charge in [0.2, 0.25) is 6.79 Å². The van der Waals surface area contributed by atoms with Gasteiger partial charge in [-0.3, -0.25) is 14.2 Å². The minimum atomic E-state index is -3.93. The molecule has 1 aliphatic carbocycles. The second-order valence-electron chi connectivity index (χ2n) is 14.0. The zero-order chi connectivity index (χ0) is 37.9. The van der Waals surface area contributed by atoms with Crippen molar-refractivity contribution in [2.75, 3.05) is 19.7 Å². The van der Waals surface area contributed by atoms with Crippen molar-refractivity contribution in [3.8, 4) is 17.6 Å². The van der Waals surface area contributed by atoms with Crippen LogP contribution in [0.15, 0.2) is 42.6 Å². The van der Waals surface area contributed by atoms with E-state index < -0.39 is 74.9 Å². The lowest BCUT2D eigenvalue weighted by Crippen LogP contribution is -2.37. The molecular weight excluding hydrogens is 731 g/mol. The van der Waals surface area contributed by atoms with Crippen LogP contribution in [0.3, 0.4) is 0 Å². The molecule has 6 rings (SSSR count). The van der Waals surface area contributed by atoms with E-state index >= 15 is 0 Å². The number of benzene rings is 1. The van der Waals surface area contributed by atoms with Gasteiger partial charge < -0.3 is 42.2 Å². The van der Waals surface area contributed by atoms with Crippen molar-refractivity contribution in [3.05, 3.63) is 53.3 Å². The Labute approximate surface area is 312 Å². The van der Waals surface area contributed by atoms with Gasteiger partial charge in [-0.1, -0.05) is 43.6 Å². The average molecular weight is 775 g/mol. The van der Waals surface area contributed by atoms with Crippen LogP contribution in [0, 0.1) is 17.2 Å². The van der Waals surface area contributed by atoms with E-state index in [1.807, 2.05) is 6.07 Å². The number of halogens is 1. The Hall–Kier alpha value is -3.74. The topological polar surface area (TPSA) is 179 Å². The van der Waals surface area contributed by atoms with Gasteiger partial charge in [0, 0.05) is 6.20 Å². The van der Waals surface area contributed by atoms with E-state index in [0.717, 1.165) is 25.7 Å². The molecule has 1 saturated carbocycles. The van der Waals surface area contributed by atoms with E-state index in [4.69, 9.17) is 49.3 Å². The molecule has 3 aromatic rings. The zero-order valence-corrected chi connectivity index (χ0v) is 31.8. The van der Waals surface area contributed by atoms with Crippen LogP contribution < -0.4 is 14.3 Å². The summed E-state index contributed by atoms with van der Waals surface area (Å²) in [5.74, 6) is -2.02. The Balaban J connectivity index is 1.18. The number of esters is 2. The second-order valence-corrected chi connectivity index (χ2v) is 16.4. The molecule has 53 heavy (non-hydrogen) atoms. The summed E-state index contributed by atoms with van der Waals surface area (Å²) < 4.78 is 63.3. The molecule has 17 heteroatoms. The maximum absolute atomic E-state index is 14.2. The molecule has 3 fully saturated rings. The second kappa shape index (κ2) is 16.3. The third-order valence-electron chi connectivity index (χ3n) is 9.02. The van der Waals surface area contributed by atoms with Gasteiger partial charge in [-0.25, -0.2) is 10.1 Å². The Morgan fingerprint density at radius 2 is 1.79 bits per heavy atom. The molecule has 286 valence electrons. The maximum atomic E-state index is 14.2. The molecular formula is C36H44ClN4O11P. The van der Waals surface area contributed by atoms with Crippen LogP contribution in [0.25, 0.3) is 11.0 Å². The molecule has 0 radical (unpaired) electrons. The van der Waals surface area contributed by atoms with Crippen molar-refractivity contribution >= 4 is 42.1 Å². The highest BCUT2D eigenvalue weighted by Gasteiger charge is 2.56. The highest BCUT2D eigenvalue weighted by molar-refractivity contribution is 7.57. The van der Waals surface area contributed by atoms with E-state index in [9.17, 15) is 19.4 Å². The van der Waals surface area contributed by atoms with Crippen LogP contribution >= 0.6 is 19.1 Å². The number of rotatable bonds is 15. The van der Waals surface area contributed by atoms with Gasteiger partial charge in [0.25, 0.3) is 0 Å². The van der Waals surface area contributed by atoms with Gasteiger partial charge >= 0.3 is 19.5 Å². The van der Waals surface area contributed by atoms with E-state index in [0.29, 0.717) is 16.8 Å². The van der Waals surface area contributed by atoms with Gasteiger partial charge in [-0.05, 0) is 64.7 Å². The minimum Gasteiger partial charge on any atom is -0.488 e. The Kier molecular flexibility index (Phi) is 12.0. The first-order valence-corrected chi connectivity index (χ1v) is 19.8. The van der Waals surface area contributed by atoms with Crippen LogP contribution in [-0.4, -0.2) is 77.5 Å². The van der Waals surface area contributed by atoms with E-state index in [2.05, 4.69) is 16.1 Å². The van der Waals surface area contributed by atoms with E-state index in [-0.39, 0.29) is 29.2 Å². The average Bonchev–Trinajstić information content (AvgIpc) is 3.90. The van der Waals surface area contributed by atoms with Crippen molar-refractivity contribution < 1.29 is 51.8 Å². The number of nitriles is 1. The monoisotopic (exact) mass is 774 g/mol. The Bertz CT molecular complexity index is 1880. The van der Waals surface area contributed by atoms with E-state index in [1.165, 1.54) is 6.92 Å². The van der Waals surface area contributed by atoms with Crippen molar-refractivity contribution in [2.24, 2.45) is 5.92 Å². The van der Waals surface area contributed by atoms with Crippen LogP contribution in [0.1, 0.15) is 72.1 Å². The molecule has 1 N–H and O–H groups in total. The molecule has 3 aliphatic rings. The quantitative estimate of drug-likeness (QED) is 0.0796. The standard InChI is InChI=1S/C36H44ClN4O11P/c1-21(2)34(42)46-19-47-35(43)22(3)40-53(44,52-24-13-7-6-8-14-24)20-45-18-27-29-30(51-36(4,5)50-29)33(49-27)41-16-15-25-28(48-23-11-9-10-12-23)26(17-38)31(37)39-32(25)41/h6-8,13-16,21-23,27,29-30,33H,9-12,18-20H2,1-5H3,(H,40,44)/t22-,27+,29+,30+,33+,53+/m0/s1. The third kappa shape index (κ3) is 8.98. The smallest absolute Gasteiger partial charge is 0.342 e. The maximum Gasteiger partial charge on any atom is 0.342 e. The van der Waals surface area contributed by atoms with Crippen LogP contribution in [0.2, 0.25) is 5.15 Å². The number of carbonyl (C=O) groups excluding carboxylic acids is 2. The molecule has 6 atom stereocenters. The molecule has 2 aromatic heterocycles. The molecule has 1 aromatic carbocycles. The number of aromatic nitrogens is 2. The first-order chi connectivity index (χ1) is 25.3. The summed E-state index contributed by atoms with van der Waals surface area (Å²) in [7, 11) is -3.93. The van der Waals surface area contributed by atoms with Crippen LogP contribution in [-0.2, 0) is 42.6 Å². The highest BCUT2D eigenvalue weighted by Crippen LogP contribution is 2.47. The summed E-state index contributed by atoms with van der Waals surface area (Å²) in [6.45, 7) is 7.67. The molecule has 4 heterocycles. The number of ether oxygens (including phenoxy) is 7. The predicted molar refractivity (Wildman–Crippen MR) is 190 cm³/mol. The van der Waals surface area contributed by atoms with Crippen molar-refractivity contribution in [1.82, 2.24) is 14.6 Å². The fraction of sp³-hybridized carbons (Fsp3) is 0.556. The number of pyridine rings is 1. The third-order valence-corrected chi connectivity index (χ3v) is 11.1. The summed E-state index contributed by atoms with van der Waals surface area (Å²) in [6.07, 6.45) is 2.55. The molecule has 0 unspecified atom stereocenters. The first-order valence-electron chi connectivity index (χ1n) is 17.6. The minimum absolute atomic E-state index is 0.0163. The molecule has 15 nitrogen and oxygen atoms in total. The Morgan fingerprint density at radius 1 is 1.09 bits per heavy atom. The Morgan fingerprint density at radius 3 is 2.49 bits per heavy atom. The molecule has 2 aliphatic heterocycles.